The van der Waals surface area contributed by atoms with E-state index in [1.807, 2.05) is 44.3 Å². The molecule has 1 aliphatic rings. The molecular weight excluding hydrogens is 352 g/mol. The Hall–Kier alpha value is -2.95. The number of aromatic nitrogens is 1. The first-order valence-electron chi connectivity index (χ1n) is 9.66. The Morgan fingerprint density at radius 1 is 1.11 bits per heavy atom. The van der Waals surface area contributed by atoms with Gasteiger partial charge in [0.1, 0.15) is 0 Å². The summed E-state index contributed by atoms with van der Waals surface area (Å²) in [5.41, 5.74) is 4.97. The smallest absolute Gasteiger partial charge is 0.306 e. The number of hydrogen-bond donors (Lipinski definition) is 0. The van der Waals surface area contributed by atoms with Gasteiger partial charge in [0.25, 0.3) is 0 Å². The first kappa shape index (κ1) is 19.8. The fourth-order valence-corrected chi connectivity index (χ4v) is 3.27. The molecule has 0 saturated heterocycles. The fourth-order valence-electron chi connectivity index (χ4n) is 3.27. The molecule has 0 atom stereocenters. The van der Waals surface area contributed by atoms with Gasteiger partial charge in [0, 0.05) is 29.9 Å². The van der Waals surface area contributed by atoms with Gasteiger partial charge in [-0.2, -0.15) is 0 Å². The van der Waals surface area contributed by atoms with E-state index in [1.54, 1.807) is 13.3 Å². The third-order valence-electron chi connectivity index (χ3n) is 4.50. The number of methoxy groups -OCH3 is 1. The summed E-state index contributed by atoms with van der Waals surface area (Å²) in [7, 11) is 1.64. The van der Waals surface area contributed by atoms with Crippen LogP contribution >= 0.6 is 0 Å². The van der Waals surface area contributed by atoms with E-state index < -0.39 is 0 Å². The van der Waals surface area contributed by atoms with Crippen LogP contribution in [0.25, 0.3) is 5.57 Å². The quantitative estimate of drug-likeness (QED) is 0.520. The molecule has 2 heterocycles. The normalized spacial score (nSPS) is 14.1. The van der Waals surface area contributed by atoms with Gasteiger partial charge in [-0.1, -0.05) is 24.3 Å². The topological polar surface area (TPSA) is 60.8 Å². The highest BCUT2D eigenvalue weighted by Gasteiger charge is 2.21. The lowest BCUT2D eigenvalue weighted by Crippen LogP contribution is -2.10. The summed E-state index contributed by atoms with van der Waals surface area (Å²) >= 11 is 0. The summed E-state index contributed by atoms with van der Waals surface area (Å²) in [4.78, 5) is 20.7. The molecule has 0 aliphatic carbocycles. The summed E-state index contributed by atoms with van der Waals surface area (Å²) in [6.07, 6.45) is 8.76. The van der Waals surface area contributed by atoms with Crippen molar-refractivity contribution >= 4 is 23.1 Å². The van der Waals surface area contributed by atoms with Gasteiger partial charge in [-0.3, -0.25) is 9.78 Å². The SMILES string of the molecule is COC1=Nc2ccncc2C(=CCCCCC(=O)OC(C)C)c2ccccc21. The van der Waals surface area contributed by atoms with Gasteiger partial charge in [-0.25, -0.2) is 4.99 Å². The van der Waals surface area contributed by atoms with Crippen LogP contribution in [0.15, 0.2) is 53.8 Å². The summed E-state index contributed by atoms with van der Waals surface area (Å²) in [5, 5.41) is 0. The lowest BCUT2D eigenvalue weighted by atomic mass is 9.93. The maximum atomic E-state index is 11.7. The molecule has 0 radical (unpaired) electrons. The summed E-state index contributed by atoms with van der Waals surface area (Å²) < 4.78 is 10.7. The average Bonchev–Trinajstić information content (AvgIpc) is 2.82. The number of fused-ring (bicyclic) bond motifs is 2. The molecule has 2 aromatic rings. The first-order chi connectivity index (χ1) is 13.6. The average molecular weight is 378 g/mol. The second-order valence-electron chi connectivity index (χ2n) is 6.96. The second kappa shape index (κ2) is 9.31. The van der Waals surface area contributed by atoms with Crippen molar-refractivity contribution in [3.8, 4) is 0 Å². The van der Waals surface area contributed by atoms with E-state index in [0.29, 0.717) is 12.3 Å². The molecule has 1 aromatic heterocycles. The molecule has 1 aliphatic heterocycles. The largest absolute Gasteiger partial charge is 0.481 e. The highest BCUT2D eigenvalue weighted by Crippen LogP contribution is 2.36. The minimum atomic E-state index is -0.129. The number of esters is 1. The van der Waals surface area contributed by atoms with Gasteiger partial charge in [-0.15, -0.1) is 0 Å². The number of carbonyl (C=O) groups excluding carboxylic acids is 1. The van der Waals surface area contributed by atoms with Gasteiger partial charge < -0.3 is 9.47 Å². The lowest BCUT2D eigenvalue weighted by Gasteiger charge is -2.11. The van der Waals surface area contributed by atoms with Crippen LogP contribution in [0.3, 0.4) is 0 Å². The standard InChI is InChI=1S/C23H26N2O3/c1-16(2)28-22(26)12-6-4-5-9-18-17-10-7-8-11-19(17)23(27-3)25-21-13-14-24-15-20(18)21/h7-11,13-16H,4-6,12H2,1-3H3. The molecule has 3 rings (SSSR count). The van der Waals surface area contributed by atoms with E-state index >= 15 is 0 Å². The van der Waals surface area contributed by atoms with Crippen molar-refractivity contribution in [2.45, 2.75) is 45.6 Å². The monoisotopic (exact) mass is 378 g/mol. The third kappa shape index (κ3) is 4.66. The Morgan fingerprint density at radius 2 is 1.89 bits per heavy atom. The van der Waals surface area contributed by atoms with Crippen molar-refractivity contribution in [1.82, 2.24) is 4.98 Å². The Bertz CT molecular complexity index is 900. The zero-order chi connectivity index (χ0) is 19.9. The molecule has 0 unspecified atom stereocenters. The summed E-state index contributed by atoms with van der Waals surface area (Å²) in [6.45, 7) is 3.74. The summed E-state index contributed by atoms with van der Waals surface area (Å²) in [5.74, 6) is 0.470. The molecule has 146 valence electrons. The maximum absolute atomic E-state index is 11.7. The molecule has 0 saturated carbocycles. The Kier molecular flexibility index (Phi) is 6.58. The molecule has 0 fully saturated rings. The molecule has 1 aromatic carbocycles. The van der Waals surface area contributed by atoms with Crippen molar-refractivity contribution in [2.75, 3.05) is 7.11 Å². The number of hydrogen-bond acceptors (Lipinski definition) is 5. The molecule has 5 nitrogen and oxygen atoms in total. The van der Waals surface area contributed by atoms with Crippen molar-refractivity contribution in [3.05, 3.63) is 65.5 Å². The zero-order valence-electron chi connectivity index (χ0n) is 16.6. The number of allylic oxidation sites excluding steroid dienone is 1. The second-order valence-corrected chi connectivity index (χ2v) is 6.96. The van der Waals surface area contributed by atoms with Gasteiger partial charge in [0.05, 0.1) is 18.9 Å². The predicted octanol–water partition coefficient (Wildman–Crippen LogP) is 5.06. The number of carbonyl (C=O) groups is 1. The van der Waals surface area contributed by atoms with Crippen LogP contribution in [0.2, 0.25) is 0 Å². The van der Waals surface area contributed by atoms with E-state index in [-0.39, 0.29) is 12.1 Å². The van der Waals surface area contributed by atoms with E-state index in [9.17, 15) is 4.79 Å². The third-order valence-corrected chi connectivity index (χ3v) is 4.50. The van der Waals surface area contributed by atoms with Crippen LogP contribution in [0, 0.1) is 0 Å². The molecular formula is C23H26N2O3. The molecule has 0 spiro atoms. The minimum Gasteiger partial charge on any atom is -0.481 e. The van der Waals surface area contributed by atoms with E-state index in [0.717, 1.165) is 47.2 Å². The van der Waals surface area contributed by atoms with Gasteiger partial charge in [0.2, 0.25) is 5.90 Å². The summed E-state index contributed by atoms with van der Waals surface area (Å²) in [6, 6.07) is 10.0. The Labute approximate surface area is 166 Å². The predicted molar refractivity (Wildman–Crippen MR) is 111 cm³/mol. The first-order valence-corrected chi connectivity index (χ1v) is 9.66. The number of rotatable bonds is 6. The van der Waals surface area contributed by atoms with Crippen molar-refractivity contribution in [2.24, 2.45) is 4.99 Å². The Morgan fingerprint density at radius 3 is 2.64 bits per heavy atom. The van der Waals surface area contributed by atoms with Crippen LogP contribution in [0.4, 0.5) is 5.69 Å². The molecule has 28 heavy (non-hydrogen) atoms. The lowest BCUT2D eigenvalue weighted by molar-refractivity contribution is -0.147. The zero-order valence-corrected chi connectivity index (χ0v) is 16.6. The Balaban J connectivity index is 1.81. The molecule has 0 N–H and O–H groups in total. The van der Waals surface area contributed by atoms with Crippen LogP contribution in [0.5, 0.6) is 0 Å². The highest BCUT2D eigenvalue weighted by molar-refractivity contribution is 6.05. The van der Waals surface area contributed by atoms with E-state index in [4.69, 9.17) is 14.5 Å². The van der Waals surface area contributed by atoms with Crippen LogP contribution < -0.4 is 0 Å². The van der Waals surface area contributed by atoms with Gasteiger partial charge in [0.15, 0.2) is 0 Å². The van der Waals surface area contributed by atoms with Gasteiger partial charge >= 0.3 is 5.97 Å². The number of aliphatic imine (C=N–C) groups is 1. The van der Waals surface area contributed by atoms with Crippen LogP contribution in [-0.4, -0.2) is 30.1 Å². The van der Waals surface area contributed by atoms with Crippen LogP contribution in [-0.2, 0) is 14.3 Å². The molecule has 0 amide bonds. The number of benzene rings is 1. The minimum absolute atomic E-state index is 0.0592. The van der Waals surface area contributed by atoms with Crippen molar-refractivity contribution in [3.63, 3.8) is 0 Å². The fraction of sp³-hybridized carbons (Fsp3) is 0.348. The highest BCUT2D eigenvalue weighted by atomic mass is 16.5. The number of nitrogens with zero attached hydrogens (tertiary/aromatic N) is 2. The number of pyridine rings is 1. The van der Waals surface area contributed by atoms with Crippen molar-refractivity contribution < 1.29 is 14.3 Å². The van der Waals surface area contributed by atoms with Crippen LogP contribution in [0.1, 0.15) is 56.2 Å². The number of unbranched alkanes of at least 4 members (excludes halogenated alkanes) is 2. The number of ether oxygens (including phenoxy) is 2. The molecule has 0 bridgehead atoms. The van der Waals surface area contributed by atoms with E-state index in [2.05, 4.69) is 17.1 Å². The maximum Gasteiger partial charge on any atom is 0.306 e. The van der Waals surface area contributed by atoms with Crippen molar-refractivity contribution in [1.29, 1.82) is 0 Å². The van der Waals surface area contributed by atoms with E-state index in [1.165, 1.54) is 0 Å². The van der Waals surface area contributed by atoms with Gasteiger partial charge in [-0.05, 0) is 56.4 Å². The molecule has 5 heteroatoms.